The quantitative estimate of drug-likeness (QED) is 0.195. The molecule has 44 heavy (non-hydrogen) atoms. The van der Waals surface area contributed by atoms with Crippen LogP contribution in [0.5, 0.6) is 0 Å². The van der Waals surface area contributed by atoms with Gasteiger partial charge in [0.25, 0.3) is 0 Å². The molecule has 0 aromatic heterocycles. The predicted molar refractivity (Wildman–Crippen MR) is 184 cm³/mol. The first-order valence-electron chi connectivity index (χ1n) is 15.1. The third kappa shape index (κ3) is 4.09. The third-order valence-electron chi connectivity index (χ3n) is 9.21. The molecular formula is C42H30N2. The Hall–Kier alpha value is -5.65. The van der Waals surface area contributed by atoms with Crippen LogP contribution in [0.15, 0.2) is 146 Å². The molecule has 2 nitrogen and oxygen atoms in total. The van der Waals surface area contributed by atoms with Crippen molar-refractivity contribution in [2.75, 3.05) is 4.90 Å². The summed E-state index contributed by atoms with van der Waals surface area (Å²) in [6.07, 6.45) is 0. The second kappa shape index (κ2) is 9.97. The van der Waals surface area contributed by atoms with Gasteiger partial charge in [0.15, 0.2) is 0 Å². The highest BCUT2D eigenvalue weighted by atomic mass is 15.1. The van der Waals surface area contributed by atoms with Gasteiger partial charge in [0.2, 0.25) is 0 Å². The first-order chi connectivity index (χ1) is 21.5. The summed E-state index contributed by atoms with van der Waals surface area (Å²) >= 11 is 0. The largest absolute Gasteiger partial charge is 0.311 e. The average molecular weight is 563 g/mol. The van der Waals surface area contributed by atoms with Gasteiger partial charge < -0.3 is 4.90 Å². The second-order valence-corrected chi connectivity index (χ2v) is 12.2. The van der Waals surface area contributed by atoms with Gasteiger partial charge in [-0.2, -0.15) is 5.26 Å². The molecule has 208 valence electrons. The van der Waals surface area contributed by atoms with Crippen molar-refractivity contribution in [3.63, 3.8) is 0 Å². The molecule has 7 aromatic carbocycles. The van der Waals surface area contributed by atoms with Gasteiger partial charge >= 0.3 is 0 Å². The minimum atomic E-state index is -0.110. The lowest BCUT2D eigenvalue weighted by Crippen LogP contribution is -2.15. The summed E-state index contributed by atoms with van der Waals surface area (Å²) in [4.78, 5) is 2.23. The number of anilines is 3. The monoisotopic (exact) mass is 562 g/mol. The minimum absolute atomic E-state index is 0.110. The standard InChI is InChI=1S/C42H30N2/c1-42(2)38-25-33(29-9-5-3-6-10-29)23-31-15-16-32-24-34(26-39(42)41(32)40(31)38)30-17-21-37(22-18-30)44(35-11-7-4-8-12-35)36-19-13-28(27-43)14-20-36/h3-26H,1-2H3. The number of nitrogens with zero attached hydrogens (tertiary/aromatic N) is 2. The van der Waals surface area contributed by atoms with Crippen molar-refractivity contribution in [3.05, 3.63) is 162 Å². The zero-order valence-corrected chi connectivity index (χ0v) is 24.8. The molecule has 0 fully saturated rings. The van der Waals surface area contributed by atoms with Crippen molar-refractivity contribution in [2.24, 2.45) is 0 Å². The molecule has 7 aromatic rings. The molecule has 0 radical (unpaired) electrons. The van der Waals surface area contributed by atoms with E-state index in [1.165, 1.54) is 54.9 Å². The van der Waals surface area contributed by atoms with Crippen LogP contribution >= 0.6 is 0 Å². The van der Waals surface area contributed by atoms with Crippen LogP contribution < -0.4 is 4.90 Å². The Labute approximate surface area is 258 Å². The topological polar surface area (TPSA) is 27.0 Å². The van der Waals surface area contributed by atoms with Crippen LogP contribution in [0.1, 0.15) is 30.5 Å². The Morgan fingerprint density at radius 1 is 0.477 bits per heavy atom. The van der Waals surface area contributed by atoms with Crippen molar-refractivity contribution in [1.29, 1.82) is 5.26 Å². The fourth-order valence-corrected chi connectivity index (χ4v) is 6.94. The third-order valence-corrected chi connectivity index (χ3v) is 9.21. The molecule has 1 aliphatic carbocycles. The van der Waals surface area contributed by atoms with E-state index >= 15 is 0 Å². The lowest BCUT2D eigenvalue weighted by atomic mass is 9.80. The number of para-hydroxylation sites is 1. The van der Waals surface area contributed by atoms with E-state index in [-0.39, 0.29) is 5.41 Å². The van der Waals surface area contributed by atoms with Gasteiger partial charge in [-0.25, -0.2) is 0 Å². The molecule has 0 atom stereocenters. The molecule has 0 heterocycles. The van der Waals surface area contributed by atoms with Crippen LogP contribution in [0.2, 0.25) is 0 Å². The Kier molecular flexibility index (Phi) is 5.90. The predicted octanol–water partition coefficient (Wildman–Crippen LogP) is 11.3. The fourth-order valence-electron chi connectivity index (χ4n) is 6.94. The fraction of sp³-hybridized carbons (Fsp3) is 0.0714. The van der Waals surface area contributed by atoms with E-state index < -0.39 is 0 Å². The first kappa shape index (κ1) is 26.0. The minimum Gasteiger partial charge on any atom is -0.311 e. The van der Waals surface area contributed by atoms with E-state index in [0.717, 1.165) is 17.1 Å². The number of hydrogen-bond acceptors (Lipinski definition) is 2. The van der Waals surface area contributed by atoms with Gasteiger partial charge in [-0.1, -0.05) is 86.6 Å². The molecule has 0 amide bonds. The van der Waals surface area contributed by atoms with Gasteiger partial charge in [0, 0.05) is 22.5 Å². The van der Waals surface area contributed by atoms with Crippen molar-refractivity contribution < 1.29 is 0 Å². The highest BCUT2D eigenvalue weighted by Crippen LogP contribution is 2.51. The second-order valence-electron chi connectivity index (χ2n) is 12.2. The number of hydrogen-bond donors (Lipinski definition) is 0. The van der Waals surface area contributed by atoms with Crippen molar-refractivity contribution in [2.45, 2.75) is 19.3 Å². The van der Waals surface area contributed by atoms with Gasteiger partial charge in [-0.15, -0.1) is 0 Å². The van der Waals surface area contributed by atoms with Crippen LogP contribution in [-0.2, 0) is 5.41 Å². The van der Waals surface area contributed by atoms with Gasteiger partial charge in [0.05, 0.1) is 11.6 Å². The molecule has 2 heteroatoms. The van der Waals surface area contributed by atoms with Crippen LogP contribution in [0.3, 0.4) is 0 Å². The van der Waals surface area contributed by atoms with E-state index in [4.69, 9.17) is 0 Å². The Morgan fingerprint density at radius 3 is 1.45 bits per heavy atom. The highest BCUT2D eigenvalue weighted by molar-refractivity contribution is 6.16. The lowest BCUT2D eigenvalue weighted by molar-refractivity contribution is 0.663. The summed E-state index contributed by atoms with van der Waals surface area (Å²) in [6, 6.07) is 54.0. The summed E-state index contributed by atoms with van der Waals surface area (Å²) < 4.78 is 0. The maximum Gasteiger partial charge on any atom is 0.0991 e. The first-order valence-corrected chi connectivity index (χ1v) is 15.1. The van der Waals surface area contributed by atoms with Gasteiger partial charge in [-0.05, 0) is 128 Å². The van der Waals surface area contributed by atoms with E-state index in [1.54, 1.807) is 0 Å². The van der Waals surface area contributed by atoms with E-state index in [9.17, 15) is 5.26 Å². The molecule has 0 aliphatic heterocycles. The number of nitriles is 1. The molecule has 1 aliphatic rings. The van der Waals surface area contributed by atoms with Crippen molar-refractivity contribution >= 4 is 38.6 Å². The maximum absolute atomic E-state index is 9.31. The molecule has 0 N–H and O–H groups in total. The van der Waals surface area contributed by atoms with Crippen molar-refractivity contribution in [3.8, 4) is 28.3 Å². The van der Waals surface area contributed by atoms with Gasteiger partial charge in [-0.3, -0.25) is 0 Å². The smallest absolute Gasteiger partial charge is 0.0991 e. The SMILES string of the molecule is CC1(C)c2cc(-c3ccccc3)cc3ccc4cc(-c5ccc(N(c6ccccc6)c6ccc(C#N)cc6)cc5)cc1c4c23. The van der Waals surface area contributed by atoms with Crippen LogP contribution in [-0.4, -0.2) is 0 Å². The average Bonchev–Trinajstić information content (AvgIpc) is 3.31. The zero-order valence-electron chi connectivity index (χ0n) is 24.8. The van der Waals surface area contributed by atoms with Crippen LogP contribution in [0.25, 0.3) is 43.8 Å². The Morgan fingerprint density at radius 2 is 0.932 bits per heavy atom. The number of rotatable bonds is 5. The summed E-state index contributed by atoms with van der Waals surface area (Å²) in [5.41, 5.74) is 11.4. The Balaban J connectivity index is 1.21. The summed E-state index contributed by atoms with van der Waals surface area (Å²) in [5.74, 6) is 0. The normalized spacial score (nSPS) is 12.9. The maximum atomic E-state index is 9.31. The molecule has 0 unspecified atom stereocenters. The van der Waals surface area contributed by atoms with E-state index in [0.29, 0.717) is 5.56 Å². The Bertz CT molecular complexity index is 2220. The van der Waals surface area contributed by atoms with E-state index in [1.807, 2.05) is 30.3 Å². The summed E-state index contributed by atoms with van der Waals surface area (Å²) in [5, 5.41) is 14.7. The summed E-state index contributed by atoms with van der Waals surface area (Å²) in [6.45, 7) is 4.74. The lowest BCUT2D eigenvalue weighted by Gasteiger charge is -2.26. The van der Waals surface area contributed by atoms with E-state index in [2.05, 4.69) is 140 Å². The molecule has 8 rings (SSSR count). The molecule has 0 bridgehead atoms. The molecule has 0 saturated heterocycles. The van der Waals surface area contributed by atoms with Crippen LogP contribution in [0.4, 0.5) is 17.1 Å². The summed E-state index contributed by atoms with van der Waals surface area (Å²) in [7, 11) is 0. The van der Waals surface area contributed by atoms with Gasteiger partial charge in [0.1, 0.15) is 0 Å². The zero-order chi connectivity index (χ0) is 29.8. The van der Waals surface area contributed by atoms with Crippen LogP contribution in [0, 0.1) is 11.3 Å². The highest BCUT2D eigenvalue weighted by Gasteiger charge is 2.35. The molecule has 0 saturated carbocycles. The number of benzene rings is 7. The van der Waals surface area contributed by atoms with Crippen molar-refractivity contribution in [1.82, 2.24) is 0 Å². The molecular weight excluding hydrogens is 532 g/mol. The molecule has 0 spiro atoms.